The zero-order valence-corrected chi connectivity index (χ0v) is 43.9. The van der Waals surface area contributed by atoms with E-state index in [1.54, 1.807) is 6.08 Å². The van der Waals surface area contributed by atoms with Crippen LogP contribution in [0.15, 0.2) is 48.6 Å². The van der Waals surface area contributed by atoms with Gasteiger partial charge in [-0.25, -0.2) is 0 Å². The van der Waals surface area contributed by atoms with E-state index in [1.807, 2.05) is 6.08 Å². The van der Waals surface area contributed by atoms with Crippen LogP contribution in [-0.4, -0.2) is 47.4 Å². The summed E-state index contributed by atoms with van der Waals surface area (Å²) >= 11 is 0. The molecule has 0 aromatic rings. The highest BCUT2D eigenvalue weighted by atomic mass is 16.5. The molecule has 0 rings (SSSR count). The van der Waals surface area contributed by atoms with Gasteiger partial charge in [-0.05, 0) is 89.9 Å². The lowest BCUT2D eigenvalue weighted by Crippen LogP contribution is -2.45. The summed E-state index contributed by atoms with van der Waals surface area (Å²) in [5.41, 5.74) is 0. The lowest BCUT2D eigenvalue weighted by Gasteiger charge is -2.20. The third-order valence-corrected chi connectivity index (χ3v) is 13.1. The number of hydrogen-bond donors (Lipinski definition) is 3. The minimum atomic E-state index is -0.864. The first-order valence-electron chi connectivity index (χ1n) is 28.9. The van der Waals surface area contributed by atoms with Crippen molar-refractivity contribution in [3.8, 4) is 0 Å². The first kappa shape index (κ1) is 63.8. The molecule has 6 heteroatoms. The van der Waals surface area contributed by atoms with Crippen LogP contribution in [0.4, 0.5) is 0 Å². The molecule has 0 spiro atoms. The Bertz CT molecular complexity index is 1110. The smallest absolute Gasteiger partial charge is 0.305 e. The fraction of sp³-hybridized carbons (Fsp3) is 0.833. The topological polar surface area (TPSA) is 95.9 Å². The maximum atomic E-state index is 12.5. The Kier molecular flexibility index (Phi) is 53.6. The number of carbonyl (C=O) groups excluding carboxylic acids is 2. The second-order valence-corrected chi connectivity index (χ2v) is 19.6. The summed E-state index contributed by atoms with van der Waals surface area (Å²) in [7, 11) is 0. The van der Waals surface area contributed by atoms with Crippen LogP contribution in [0.1, 0.15) is 296 Å². The van der Waals surface area contributed by atoms with E-state index in [9.17, 15) is 19.8 Å². The van der Waals surface area contributed by atoms with Crippen molar-refractivity contribution in [1.29, 1.82) is 0 Å². The third kappa shape index (κ3) is 51.2. The zero-order chi connectivity index (χ0) is 47.9. The van der Waals surface area contributed by atoms with Gasteiger partial charge in [0.25, 0.3) is 0 Å². The first-order chi connectivity index (χ1) is 32.5. The molecular formula is C60H111NO5. The predicted octanol–water partition coefficient (Wildman–Crippen LogP) is 17.8. The number of rotatable bonds is 53. The van der Waals surface area contributed by atoms with E-state index in [-0.39, 0.29) is 18.5 Å². The number of carbonyl (C=O) groups is 2. The maximum Gasteiger partial charge on any atom is 0.305 e. The van der Waals surface area contributed by atoms with Gasteiger partial charge in [-0.3, -0.25) is 9.59 Å². The molecule has 66 heavy (non-hydrogen) atoms. The Balaban J connectivity index is 3.54. The summed E-state index contributed by atoms with van der Waals surface area (Å²) in [6, 6.07) is -0.651. The third-order valence-electron chi connectivity index (χ3n) is 13.1. The molecule has 2 unspecified atom stereocenters. The molecular weight excluding hydrogens is 815 g/mol. The van der Waals surface area contributed by atoms with E-state index in [0.29, 0.717) is 19.4 Å². The lowest BCUT2D eigenvalue weighted by atomic mass is 10.0. The molecule has 0 radical (unpaired) electrons. The van der Waals surface area contributed by atoms with Crippen LogP contribution in [-0.2, 0) is 14.3 Å². The molecule has 0 heterocycles. The summed E-state index contributed by atoms with van der Waals surface area (Å²) in [5, 5.41) is 23.1. The number of esters is 1. The SMILES string of the molecule is CCCCC/C=C\C/C=C\CCCCCCCCCCCC(=O)OCCCC/C=C\CCCCCCCC(=O)NC(CO)C(O)/C=C/CCCCCCCCCCCCCCCCCCC. The van der Waals surface area contributed by atoms with E-state index in [4.69, 9.17) is 4.74 Å². The highest BCUT2D eigenvalue weighted by Crippen LogP contribution is 2.16. The molecule has 0 bridgehead atoms. The van der Waals surface area contributed by atoms with Gasteiger partial charge in [0, 0.05) is 12.8 Å². The van der Waals surface area contributed by atoms with E-state index in [0.717, 1.165) is 89.9 Å². The molecule has 0 fully saturated rings. The predicted molar refractivity (Wildman–Crippen MR) is 287 cm³/mol. The summed E-state index contributed by atoms with van der Waals surface area (Å²) in [6.07, 6.45) is 69.9. The maximum absolute atomic E-state index is 12.5. The van der Waals surface area contributed by atoms with Crippen molar-refractivity contribution in [1.82, 2.24) is 5.32 Å². The highest BCUT2D eigenvalue weighted by Gasteiger charge is 2.18. The molecule has 0 saturated heterocycles. The quantitative estimate of drug-likeness (QED) is 0.0321. The van der Waals surface area contributed by atoms with Crippen molar-refractivity contribution in [3.63, 3.8) is 0 Å². The number of allylic oxidation sites excluding steroid dienone is 7. The van der Waals surface area contributed by atoms with Gasteiger partial charge in [0.05, 0.1) is 25.4 Å². The van der Waals surface area contributed by atoms with Crippen LogP contribution in [0.25, 0.3) is 0 Å². The minimum Gasteiger partial charge on any atom is -0.466 e. The number of amides is 1. The molecule has 0 aromatic carbocycles. The monoisotopic (exact) mass is 926 g/mol. The molecule has 0 aliphatic heterocycles. The lowest BCUT2D eigenvalue weighted by molar-refractivity contribution is -0.143. The average molecular weight is 927 g/mol. The number of ether oxygens (including phenoxy) is 1. The van der Waals surface area contributed by atoms with Gasteiger partial charge in [0.1, 0.15) is 0 Å². The molecule has 3 N–H and O–H groups in total. The molecule has 0 saturated carbocycles. The number of aliphatic hydroxyl groups excluding tert-OH is 2. The van der Waals surface area contributed by atoms with E-state index in [1.165, 1.54) is 180 Å². The highest BCUT2D eigenvalue weighted by molar-refractivity contribution is 5.76. The van der Waals surface area contributed by atoms with Crippen LogP contribution < -0.4 is 5.32 Å². The molecule has 2 atom stereocenters. The fourth-order valence-corrected chi connectivity index (χ4v) is 8.60. The Labute approximate surface area is 410 Å². The van der Waals surface area contributed by atoms with E-state index in [2.05, 4.69) is 55.6 Å². The van der Waals surface area contributed by atoms with Crippen LogP contribution in [0, 0.1) is 0 Å². The fourth-order valence-electron chi connectivity index (χ4n) is 8.60. The van der Waals surface area contributed by atoms with Gasteiger partial charge in [0.15, 0.2) is 0 Å². The van der Waals surface area contributed by atoms with Crippen molar-refractivity contribution >= 4 is 11.9 Å². The number of unbranched alkanes of at least 4 members (excludes halogenated alkanes) is 36. The minimum absolute atomic E-state index is 0.0369. The number of hydrogen-bond acceptors (Lipinski definition) is 5. The second-order valence-electron chi connectivity index (χ2n) is 19.6. The van der Waals surface area contributed by atoms with Gasteiger partial charge in [-0.1, -0.05) is 242 Å². The largest absolute Gasteiger partial charge is 0.466 e. The van der Waals surface area contributed by atoms with Crippen LogP contribution in [0.3, 0.4) is 0 Å². The van der Waals surface area contributed by atoms with E-state index >= 15 is 0 Å². The average Bonchev–Trinajstić information content (AvgIpc) is 3.32. The van der Waals surface area contributed by atoms with Crippen LogP contribution in [0.5, 0.6) is 0 Å². The van der Waals surface area contributed by atoms with Crippen LogP contribution >= 0.6 is 0 Å². The van der Waals surface area contributed by atoms with Crippen molar-refractivity contribution in [2.24, 2.45) is 0 Å². The van der Waals surface area contributed by atoms with Gasteiger partial charge >= 0.3 is 5.97 Å². The second kappa shape index (κ2) is 55.4. The summed E-state index contributed by atoms with van der Waals surface area (Å²) in [4.78, 5) is 24.5. The van der Waals surface area contributed by atoms with Crippen molar-refractivity contribution in [2.45, 2.75) is 309 Å². The Morgan fingerprint density at radius 1 is 0.424 bits per heavy atom. The van der Waals surface area contributed by atoms with Gasteiger partial charge in [-0.15, -0.1) is 0 Å². The Hall–Kier alpha value is -2.18. The molecule has 1 amide bonds. The molecule has 0 aliphatic carbocycles. The van der Waals surface area contributed by atoms with Gasteiger partial charge < -0.3 is 20.3 Å². The summed E-state index contributed by atoms with van der Waals surface area (Å²) in [5.74, 6) is -0.133. The van der Waals surface area contributed by atoms with Gasteiger partial charge in [-0.2, -0.15) is 0 Å². The molecule has 386 valence electrons. The number of aliphatic hydroxyl groups is 2. The van der Waals surface area contributed by atoms with E-state index < -0.39 is 12.1 Å². The summed E-state index contributed by atoms with van der Waals surface area (Å²) in [6.45, 7) is 4.81. The van der Waals surface area contributed by atoms with Crippen LogP contribution in [0.2, 0.25) is 0 Å². The molecule has 0 aromatic heterocycles. The Morgan fingerprint density at radius 3 is 1.20 bits per heavy atom. The number of nitrogens with one attached hydrogen (secondary N) is 1. The van der Waals surface area contributed by atoms with Gasteiger partial charge in [0.2, 0.25) is 5.91 Å². The Morgan fingerprint density at radius 2 is 0.758 bits per heavy atom. The molecule has 6 nitrogen and oxygen atoms in total. The van der Waals surface area contributed by atoms with Crippen molar-refractivity contribution in [2.75, 3.05) is 13.2 Å². The molecule has 0 aliphatic rings. The summed E-state index contributed by atoms with van der Waals surface area (Å²) < 4.78 is 5.45. The first-order valence-corrected chi connectivity index (χ1v) is 28.9. The zero-order valence-electron chi connectivity index (χ0n) is 43.9. The van der Waals surface area contributed by atoms with Crippen molar-refractivity contribution < 1.29 is 24.5 Å². The standard InChI is InChI=1S/C60H111NO5/c1-3-5-7-9-11-13-15-17-19-21-23-25-27-29-32-36-40-44-48-52-58(63)57(56-62)61-59(64)53-49-45-41-37-33-31-35-39-43-47-51-55-66-60(65)54-50-46-42-38-34-30-28-26-24-22-20-18-16-14-12-10-8-6-4-2/h12,14,18,20,35,39,48,52,57-58,62-63H,3-11,13,15-17,19,21-34,36-38,40-47,49-51,53-56H2,1-2H3,(H,61,64)/b14-12-,20-18-,39-35-,52-48+. The normalized spacial score (nSPS) is 13.0. The van der Waals surface area contributed by atoms with Crippen molar-refractivity contribution in [3.05, 3.63) is 48.6 Å².